The number of nitrogens with zero attached hydrogens (tertiary/aromatic N) is 1. The van der Waals surface area contributed by atoms with Crippen LogP contribution in [0, 0.1) is 0 Å². The maximum Gasteiger partial charge on any atom is 0.330 e. The van der Waals surface area contributed by atoms with Crippen molar-refractivity contribution in [1.82, 2.24) is 4.90 Å². The zero-order valence-electron chi connectivity index (χ0n) is 13.7. The van der Waals surface area contributed by atoms with Crippen molar-refractivity contribution in [3.8, 4) is 0 Å². The van der Waals surface area contributed by atoms with Crippen molar-refractivity contribution in [1.29, 1.82) is 0 Å². The molecule has 1 aliphatic rings. The predicted octanol–water partition coefficient (Wildman–Crippen LogP) is 3.82. The minimum absolute atomic E-state index is 0.208. The minimum atomic E-state index is -0.359. The summed E-state index contributed by atoms with van der Waals surface area (Å²) >= 11 is 0. The van der Waals surface area contributed by atoms with Crippen LogP contribution in [0.5, 0.6) is 0 Å². The third-order valence-corrected chi connectivity index (χ3v) is 2.82. The lowest BCUT2D eigenvalue weighted by atomic mass is 10.2. The van der Waals surface area contributed by atoms with E-state index in [1.54, 1.807) is 18.0 Å². The Hall–Kier alpha value is -2.62. The molecule has 0 spiro atoms. The Kier molecular flexibility index (Phi) is 11.6. The second-order valence-electron chi connectivity index (χ2n) is 4.44. The van der Waals surface area contributed by atoms with Crippen molar-refractivity contribution in [2.75, 3.05) is 13.2 Å². The maximum absolute atomic E-state index is 10.7. The first-order valence-corrected chi connectivity index (χ1v) is 7.47. The molecule has 1 aromatic carbocycles. The smallest absolute Gasteiger partial charge is 0.330 e. The van der Waals surface area contributed by atoms with E-state index in [0.717, 1.165) is 19.0 Å². The van der Waals surface area contributed by atoms with Crippen LogP contribution in [0.3, 0.4) is 0 Å². The van der Waals surface area contributed by atoms with E-state index in [2.05, 4.69) is 24.5 Å². The maximum atomic E-state index is 10.7. The lowest BCUT2D eigenvalue weighted by Gasteiger charge is -2.05. The monoisotopic (exact) mass is 315 g/mol. The molecule has 0 bridgehead atoms. The van der Waals surface area contributed by atoms with Crippen molar-refractivity contribution in [2.24, 2.45) is 0 Å². The highest BCUT2D eigenvalue weighted by atomic mass is 16.5. The molecule has 0 N–H and O–H groups in total. The molecule has 4 heteroatoms. The summed E-state index contributed by atoms with van der Waals surface area (Å²) in [7, 11) is 0. The second-order valence-corrected chi connectivity index (χ2v) is 4.44. The summed E-state index contributed by atoms with van der Waals surface area (Å²) in [6, 6.07) is 10.0. The van der Waals surface area contributed by atoms with Crippen LogP contribution < -0.4 is 0 Å². The van der Waals surface area contributed by atoms with Crippen LogP contribution in [0.25, 0.3) is 6.08 Å². The Bertz CT molecular complexity index is 509. The van der Waals surface area contributed by atoms with E-state index in [0.29, 0.717) is 13.0 Å². The lowest BCUT2D eigenvalue weighted by Crippen LogP contribution is -2.16. The molecule has 1 amide bonds. The van der Waals surface area contributed by atoms with Crippen molar-refractivity contribution >= 4 is 18.0 Å². The predicted molar refractivity (Wildman–Crippen MR) is 94.5 cm³/mol. The molecular formula is C19H25NO3. The van der Waals surface area contributed by atoms with Gasteiger partial charge in [-0.25, -0.2) is 4.79 Å². The fourth-order valence-corrected chi connectivity index (χ4v) is 1.65. The number of carbonyl (C=O) groups is 2. The highest BCUT2D eigenvalue weighted by Crippen LogP contribution is 2.08. The average Bonchev–Trinajstić information content (AvgIpc) is 3.02. The molecule has 4 nitrogen and oxygen atoms in total. The molecule has 0 saturated carbocycles. The molecule has 124 valence electrons. The highest BCUT2D eigenvalue weighted by Gasteiger charge is 2.15. The molecule has 1 saturated heterocycles. The van der Waals surface area contributed by atoms with E-state index in [9.17, 15) is 9.59 Å². The molecular weight excluding hydrogens is 290 g/mol. The van der Waals surface area contributed by atoms with Gasteiger partial charge in [-0.2, -0.15) is 0 Å². The summed E-state index contributed by atoms with van der Waals surface area (Å²) < 4.78 is 4.43. The summed E-state index contributed by atoms with van der Waals surface area (Å²) in [5.41, 5.74) is 1.17. The summed E-state index contributed by atoms with van der Waals surface area (Å²) in [4.78, 5) is 22.4. The number of hydrogen-bond acceptors (Lipinski definition) is 3. The molecule has 0 unspecified atom stereocenters. The Morgan fingerprint density at radius 2 is 1.91 bits per heavy atom. The standard InChI is InChI=1S/C8H8.C6H9NO.C5H8O2/c1-2-8-6-4-3-5-7-8;1-2-7-5-3-4-6(7)8;1-3-5(6)7-4-2/h2-7H,1H2;2H,1,3-5H2;3H,1,4H2,2H3. The Morgan fingerprint density at radius 1 is 1.26 bits per heavy atom. The molecule has 1 heterocycles. The summed E-state index contributed by atoms with van der Waals surface area (Å²) in [5, 5.41) is 0. The van der Waals surface area contributed by atoms with Crippen molar-refractivity contribution in [2.45, 2.75) is 19.8 Å². The van der Waals surface area contributed by atoms with Crippen molar-refractivity contribution < 1.29 is 14.3 Å². The van der Waals surface area contributed by atoms with Crippen LogP contribution in [-0.4, -0.2) is 29.9 Å². The summed E-state index contributed by atoms with van der Waals surface area (Å²) in [5.74, 6) is -0.150. The summed E-state index contributed by atoms with van der Waals surface area (Å²) in [6.45, 7) is 13.4. The van der Waals surface area contributed by atoms with E-state index in [4.69, 9.17) is 0 Å². The van der Waals surface area contributed by atoms with Gasteiger partial charge in [0.1, 0.15) is 0 Å². The molecule has 0 radical (unpaired) electrons. The van der Waals surface area contributed by atoms with Gasteiger partial charge in [0.2, 0.25) is 5.91 Å². The van der Waals surface area contributed by atoms with Crippen LogP contribution in [0.15, 0.2) is 62.3 Å². The largest absolute Gasteiger partial charge is 0.463 e. The number of ether oxygens (including phenoxy) is 1. The highest BCUT2D eigenvalue weighted by molar-refractivity contribution is 5.81. The third kappa shape index (κ3) is 9.85. The van der Waals surface area contributed by atoms with Gasteiger partial charge in [-0.1, -0.05) is 56.1 Å². The average molecular weight is 315 g/mol. The number of hydrogen-bond donors (Lipinski definition) is 0. The van der Waals surface area contributed by atoms with Crippen molar-refractivity contribution in [3.05, 3.63) is 67.9 Å². The first kappa shape index (κ1) is 20.4. The van der Waals surface area contributed by atoms with E-state index < -0.39 is 0 Å². The fourth-order valence-electron chi connectivity index (χ4n) is 1.65. The Balaban J connectivity index is 0.000000317. The number of benzene rings is 1. The SMILES string of the molecule is C=CC(=O)OCC.C=CN1CCCC1=O.C=Cc1ccccc1. The molecule has 1 fully saturated rings. The molecule has 1 aromatic rings. The Labute approximate surface area is 138 Å². The second kappa shape index (κ2) is 13.1. The zero-order chi connectivity index (χ0) is 17.5. The number of likely N-dealkylation sites (tertiary alicyclic amines) is 1. The van der Waals surface area contributed by atoms with E-state index in [1.807, 2.05) is 36.4 Å². The van der Waals surface area contributed by atoms with Crippen LogP contribution in [0.4, 0.5) is 0 Å². The minimum Gasteiger partial charge on any atom is -0.463 e. The molecule has 0 aliphatic carbocycles. The first-order chi connectivity index (χ1) is 11.1. The topological polar surface area (TPSA) is 46.6 Å². The third-order valence-electron chi connectivity index (χ3n) is 2.82. The van der Waals surface area contributed by atoms with Crippen LogP contribution in [-0.2, 0) is 14.3 Å². The van der Waals surface area contributed by atoms with E-state index >= 15 is 0 Å². The normalized spacial score (nSPS) is 12.0. The van der Waals surface area contributed by atoms with Gasteiger partial charge >= 0.3 is 5.97 Å². The van der Waals surface area contributed by atoms with Gasteiger partial charge in [-0.15, -0.1) is 0 Å². The number of esters is 1. The van der Waals surface area contributed by atoms with Gasteiger partial charge < -0.3 is 9.64 Å². The molecule has 0 aromatic heterocycles. The first-order valence-electron chi connectivity index (χ1n) is 7.47. The van der Waals surface area contributed by atoms with Crippen LogP contribution in [0.2, 0.25) is 0 Å². The van der Waals surface area contributed by atoms with Gasteiger partial charge in [-0.05, 0) is 25.1 Å². The molecule has 0 atom stereocenters. The number of amides is 1. The summed E-state index contributed by atoms with van der Waals surface area (Å²) in [6.07, 6.45) is 6.26. The number of carbonyl (C=O) groups excluding carboxylic acids is 2. The zero-order valence-corrected chi connectivity index (χ0v) is 13.7. The molecule has 23 heavy (non-hydrogen) atoms. The quantitative estimate of drug-likeness (QED) is 0.627. The van der Waals surface area contributed by atoms with Gasteiger partial charge in [0.05, 0.1) is 6.61 Å². The molecule has 1 aliphatic heterocycles. The molecule has 2 rings (SSSR count). The van der Waals surface area contributed by atoms with Crippen LogP contribution in [0.1, 0.15) is 25.3 Å². The number of rotatable bonds is 4. The van der Waals surface area contributed by atoms with Gasteiger partial charge in [-0.3, -0.25) is 4.79 Å². The fraction of sp³-hybridized carbons (Fsp3) is 0.263. The van der Waals surface area contributed by atoms with Gasteiger partial charge in [0.15, 0.2) is 0 Å². The lowest BCUT2D eigenvalue weighted by molar-refractivity contribution is -0.137. The van der Waals surface area contributed by atoms with Gasteiger partial charge in [0.25, 0.3) is 0 Å². The van der Waals surface area contributed by atoms with Crippen LogP contribution >= 0.6 is 0 Å². The van der Waals surface area contributed by atoms with Gasteiger partial charge in [0, 0.05) is 19.0 Å². The Morgan fingerprint density at radius 3 is 2.17 bits per heavy atom. The van der Waals surface area contributed by atoms with Crippen molar-refractivity contribution in [3.63, 3.8) is 0 Å². The van der Waals surface area contributed by atoms with E-state index in [-0.39, 0.29) is 11.9 Å². The van der Waals surface area contributed by atoms with E-state index in [1.165, 1.54) is 5.56 Å².